The van der Waals surface area contributed by atoms with Crippen LogP contribution in [0, 0.1) is 71.6 Å². The zero-order valence-corrected chi connectivity index (χ0v) is 46.3. The molecule has 390 valence electrons. The van der Waals surface area contributed by atoms with Crippen molar-refractivity contribution in [2.45, 2.75) is 121 Å². The van der Waals surface area contributed by atoms with E-state index in [1.54, 1.807) is 24.3 Å². The summed E-state index contributed by atoms with van der Waals surface area (Å²) in [6, 6.07) is 30.6. The Morgan fingerprint density at radius 2 is 0.759 bits per heavy atom. The van der Waals surface area contributed by atoms with Crippen LogP contribution in [0.2, 0.25) is 0 Å². The highest BCUT2D eigenvalue weighted by molar-refractivity contribution is 7.25. The van der Waals surface area contributed by atoms with E-state index in [-0.39, 0.29) is 26.3 Å². The summed E-state index contributed by atoms with van der Waals surface area (Å²) < 4.78 is 64.2. The number of nitriles is 4. The molecule has 0 unspecified atom stereocenters. The summed E-state index contributed by atoms with van der Waals surface area (Å²) in [5, 5.41) is 39.0. The second-order valence-corrected chi connectivity index (χ2v) is 23.9. The van der Waals surface area contributed by atoms with Crippen molar-refractivity contribution >= 4 is 67.6 Å². The largest absolute Gasteiger partial charge is 0.284 e. The van der Waals surface area contributed by atoms with Crippen molar-refractivity contribution in [3.8, 4) is 75.8 Å². The number of allylic oxidation sites excluding steroid dienone is 8. The van der Waals surface area contributed by atoms with Crippen molar-refractivity contribution in [2.75, 3.05) is 0 Å². The number of hydrogen-bond acceptors (Lipinski definition) is 8. The summed E-state index contributed by atoms with van der Waals surface area (Å²) in [6.45, 7) is 34.5. The van der Waals surface area contributed by atoms with E-state index in [0.29, 0.717) is 9.75 Å². The number of thiophene rings is 4. The third-order valence-electron chi connectivity index (χ3n) is 15.1. The first-order chi connectivity index (χ1) is 38.2. The molecule has 79 heavy (non-hydrogen) atoms. The second-order valence-electron chi connectivity index (χ2n) is 19.6. The van der Waals surface area contributed by atoms with Gasteiger partial charge in [-0.05, 0) is 106 Å². The third-order valence-corrected chi connectivity index (χ3v) is 20.0. The van der Waals surface area contributed by atoms with Gasteiger partial charge in [-0.3, -0.25) is 0 Å². The maximum absolute atomic E-state index is 16.0. The highest BCUT2D eigenvalue weighted by atomic mass is 32.1. The highest BCUT2D eigenvalue weighted by Gasteiger charge is 2.54. The van der Waals surface area contributed by atoms with Gasteiger partial charge in [0.2, 0.25) is 0 Å². The van der Waals surface area contributed by atoms with E-state index < -0.39 is 56.9 Å². The van der Waals surface area contributed by atoms with Crippen LogP contribution in [0.25, 0.3) is 93.2 Å². The maximum Gasteiger partial charge on any atom is 0.284 e. The zero-order chi connectivity index (χ0) is 56.2. The first-order valence-electron chi connectivity index (χ1n) is 25.9. The van der Waals surface area contributed by atoms with Gasteiger partial charge in [0, 0.05) is 55.6 Å². The number of hydrogen-bond donors (Lipinski definition) is 0. The second kappa shape index (κ2) is 23.0. The Morgan fingerprint density at radius 1 is 0.418 bits per heavy atom. The molecule has 3 aliphatic rings. The fourth-order valence-electron chi connectivity index (χ4n) is 11.4. The van der Waals surface area contributed by atoms with Gasteiger partial charge in [0.05, 0.1) is 61.7 Å². The van der Waals surface area contributed by atoms with E-state index in [1.165, 1.54) is 71.6 Å². The minimum atomic E-state index is -3.88. The Bertz CT molecular complexity index is 3510. The SMILES string of the molecule is [C-]#[N+]/C(C#N)=C1\c2sc(-c3ccc(-c4ccc5c(c4)C(CCCCCCCC)(CCCCCCCC)c4cc(-c6ccc(-c7cc8c(s7)/C(=C(\C#N)[N+]#[C-])C(F)(F)/C8=C(/C#N)[N+]#[C-])s6)ccc4-5)s3)cc2/C(=C(/C#N)[N+]#[C-])C1(F)F. The number of alkyl halides is 4. The number of benzene rings is 2. The van der Waals surface area contributed by atoms with Gasteiger partial charge in [0.1, 0.15) is 0 Å². The predicted molar refractivity (Wildman–Crippen MR) is 308 cm³/mol. The minimum absolute atomic E-state index is 0.00296. The van der Waals surface area contributed by atoms with Crippen LogP contribution >= 0.6 is 45.3 Å². The van der Waals surface area contributed by atoms with Crippen LogP contribution in [0.4, 0.5) is 17.6 Å². The molecule has 16 heteroatoms. The van der Waals surface area contributed by atoms with E-state index in [0.717, 1.165) is 129 Å². The van der Waals surface area contributed by atoms with Crippen LogP contribution in [0.1, 0.15) is 136 Å². The standard InChI is InChI=1S/C63H46F4N8S4/c1-7-9-11-13-15-17-27-61(28-18-16-14-12-10-8-2)43-29-37(49-23-25-51(76-49)53-31-41-55(45(33-68)72-3)62(64,65)57(59(41)78-53)47(35-70)74-5)19-21-39(43)40-22-20-38(30-44(40)61)50-24-26-52(77-50)54-32-42-56(46(34-69)73-4)63(66,67)58(60(42)79-54)48(36-71)75-6/h19-26,29-32H,7-18,27-28H2,1-2H3/b55-45-,56-46+,57-47-,58-48+. The van der Waals surface area contributed by atoms with Crippen LogP contribution in [-0.4, -0.2) is 11.8 Å². The molecule has 0 saturated heterocycles. The molecule has 0 atom stereocenters. The average molecular weight is 1120 g/mol. The molecule has 0 aliphatic heterocycles. The summed E-state index contributed by atoms with van der Waals surface area (Å²) in [5.41, 5.74) is 0.0818. The summed E-state index contributed by atoms with van der Waals surface area (Å²) in [5.74, 6) is -7.76. The molecule has 0 amide bonds. The number of nitrogens with zero attached hydrogens (tertiary/aromatic N) is 8. The molecule has 0 spiro atoms. The fourth-order valence-corrected chi connectivity index (χ4v) is 16.0. The summed E-state index contributed by atoms with van der Waals surface area (Å²) >= 11 is 4.99. The number of rotatable bonds is 18. The van der Waals surface area contributed by atoms with Crippen molar-refractivity contribution in [3.05, 3.63) is 173 Å². The minimum Gasteiger partial charge on any atom is -0.226 e. The first kappa shape index (κ1) is 55.6. The molecule has 8 nitrogen and oxygen atoms in total. The summed E-state index contributed by atoms with van der Waals surface area (Å²) in [7, 11) is 0. The van der Waals surface area contributed by atoms with Crippen molar-refractivity contribution in [1.82, 2.24) is 0 Å². The van der Waals surface area contributed by atoms with E-state index in [1.807, 2.05) is 24.3 Å². The summed E-state index contributed by atoms with van der Waals surface area (Å²) in [4.78, 5) is 17.0. The van der Waals surface area contributed by atoms with E-state index in [9.17, 15) is 21.0 Å². The quantitative estimate of drug-likeness (QED) is 0.0369. The molecule has 4 heterocycles. The van der Waals surface area contributed by atoms with Crippen molar-refractivity contribution in [2.24, 2.45) is 0 Å². The summed E-state index contributed by atoms with van der Waals surface area (Å²) in [6.07, 6.45) is 15.4. The lowest BCUT2D eigenvalue weighted by atomic mass is 9.70. The molecule has 0 N–H and O–H groups in total. The monoisotopic (exact) mass is 1120 g/mol. The normalized spacial score (nSPS) is 17.2. The molecule has 0 radical (unpaired) electrons. The lowest BCUT2D eigenvalue weighted by Crippen LogP contribution is -2.25. The first-order valence-corrected chi connectivity index (χ1v) is 29.2. The number of halogens is 4. The van der Waals surface area contributed by atoms with Crippen LogP contribution < -0.4 is 0 Å². The van der Waals surface area contributed by atoms with Gasteiger partial charge >= 0.3 is 0 Å². The molecule has 6 aromatic rings. The van der Waals surface area contributed by atoms with Gasteiger partial charge in [-0.2, -0.15) is 17.6 Å². The lowest BCUT2D eigenvalue weighted by Gasteiger charge is -2.33. The average Bonchev–Trinajstić information content (AvgIpc) is 3.98. The van der Waals surface area contributed by atoms with E-state index in [2.05, 4.69) is 69.6 Å². The highest BCUT2D eigenvalue weighted by Crippen LogP contribution is 2.62. The Morgan fingerprint density at radius 3 is 1.11 bits per heavy atom. The van der Waals surface area contributed by atoms with Crippen LogP contribution in [0.5, 0.6) is 0 Å². The molecular formula is C63H46F4N8S4. The van der Waals surface area contributed by atoms with Gasteiger partial charge in [0.15, 0.2) is 0 Å². The van der Waals surface area contributed by atoms with Crippen molar-refractivity contribution in [3.63, 3.8) is 0 Å². The smallest absolute Gasteiger partial charge is 0.226 e. The zero-order valence-electron chi connectivity index (χ0n) is 43.1. The van der Waals surface area contributed by atoms with Gasteiger partial charge in [-0.25, -0.2) is 40.4 Å². The molecule has 9 rings (SSSR count). The molecule has 4 aromatic heterocycles. The van der Waals surface area contributed by atoms with E-state index >= 15 is 17.6 Å². The number of fused-ring (bicyclic) bond motifs is 5. The maximum atomic E-state index is 16.0. The molecule has 0 fully saturated rings. The molecule has 0 bridgehead atoms. The van der Waals surface area contributed by atoms with Gasteiger partial charge < -0.3 is 0 Å². The van der Waals surface area contributed by atoms with Gasteiger partial charge in [-0.1, -0.05) is 115 Å². The van der Waals surface area contributed by atoms with Crippen LogP contribution in [-0.2, 0) is 5.41 Å². The predicted octanol–water partition coefficient (Wildman–Crippen LogP) is 20.3. The third kappa shape index (κ3) is 9.72. The Hall–Kier alpha value is -8.16. The van der Waals surface area contributed by atoms with Gasteiger partial charge in [0.25, 0.3) is 34.6 Å². The Balaban J connectivity index is 1.13. The number of unbranched alkanes of at least 4 members (excludes halogenated alkanes) is 10. The molecular weight excluding hydrogens is 1070 g/mol. The van der Waals surface area contributed by atoms with Crippen molar-refractivity contribution < 1.29 is 17.6 Å². The van der Waals surface area contributed by atoms with Gasteiger partial charge in [-0.15, -0.1) is 45.3 Å². The lowest BCUT2D eigenvalue weighted by molar-refractivity contribution is 0.137. The van der Waals surface area contributed by atoms with Crippen LogP contribution in [0.15, 0.2) is 95.6 Å². The molecule has 3 aliphatic carbocycles. The van der Waals surface area contributed by atoms with E-state index in [4.69, 9.17) is 26.3 Å². The fraction of sp³-hybridized carbons (Fsp3) is 0.302. The van der Waals surface area contributed by atoms with Crippen molar-refractivity contribution in [1.29, 1.82) is 21.0 Å². The topological polar surface area (TPSA) is 113 Å². The molecule has 0 saturated carbocycles. The van der Waals surface area contributed by atoms with Crippen LogP contribution in [0.3, 0.4) is 0 Å². The Kier molecular flexibility index (Phi) is 16.2. The molecule has 2 aromatic carbocycles. The Labute approximate surface area is 473 Å².